The second-order valence-corrected chi connectivity index (χ2v) is 6.93. The van der Waals surface area contributed by atoms with Gasteiger partial charge in [0.2, 0.25) is 5.95 Å². The lowest BCUT2D eigenvalue weighted by molar-refractivity contribution is -0.138. The molecular formula is C22H23F3N4. The summed E-state index contributed by atoms with van der Waals surface area (Å²) in [5, 5.41) is 6.22. The van der Waals surface area contributed by atoms with Gasteiger partial charge in [0.05, 0.1) is 11.3 Å². The molecule has 0 unspecified atom stereocenters. The summed E-state index contributed by atoms with van der Waals surface area (Å²) in [5.74, 6) is 0.841. The fourth-order valence-electron chi connectivity index (χ4n) is 2.81. The number of hydrogen-bond donors (Lipinski definition) is 2. The minimum absolute atomic E-state index is 0.157. The summed E-state index contributed by atoms with van der Waals surface area (Å²) in [7, 11) is 0. The highest BCUT2D eigenvalue weighted by Crippen LogP contribution is 2.34. The minimum Gasteiger partial charge on any atom is -0.352 e. The van der Waals surface area contributed by atoms with Crippen LogP contribution in [0.4, 0.5) is 30.6 Å². The van der Waals surface area contributed by atoms with Crippen molar-refractivity contribution >= 4 is 17.5 Å². The van der Waals surface area contributed by atoms with E-state index in [9.17, 15) is 13.2 Å². The van der Waals surface area contributed by atoms with Crippen LogP contribution in [-0.2, 0) is 6.18 Å². The second kappa shape index (κ2) is 8.51. The first-order valence-corrected chi connectivity index (χ1v) is 9.42. The molecule has 29 heavy (non-hydrogen) atoms. The van der Waals surface area contributed by atoms with Crippen molar-refractivity contribution in [1.82, 2.24) is 9.97 Å². The summed E-state index contributed by atoms with van der Waals surface area (Å²) in [5.41, 5.74) is 1.39. The average Bonchev–Trinajstić information content (AvgIpc) is 2.69. The van der Waals surface area contributed by atoms with Crippen molar-refractivity contribution in [3.63, 3.8) is 0 Å². The zero-order valence-corrected chi connectivity index (χ0v) is 16.5. The summed E-state index contributed by atoms with van der Waals surface area (Å²) < 4.78 is 39.7. The first-order chi connectivity index (χ1) is 13.8. The maximum absolute atomic E-state index is 13.2. The number of anilines is 3. The first kappa shape index (κ1) is 20.6. The van der Waals surface area contributed by atoms with E-state index in [1.807, 2.05) is 44.2 Å². The number of nitrogens with zero attached hydrogens (tertiary/aromatic N) is 2. The van der Waals surface area contributed by atoms with Crippen molar-refractivity contribution in [1.29, 1.82) is 0 Å². The van der Waals surface area contributed by atoms with Crippen molar-refractivity contribution < 1.29 is 13.2 Å². The number of nitrogens with one attached hydrogen (secondary N) is 2. The van der Waals surface area contributed by atoms with Crippen molar-refractivity contribution in [3.8, 4) is 11.3 Å². The van der Waals surface area contributed by atoms with E-state index in [4.69, 9.17) is 0 Å². The topological polar surface area (TPSA) is 49.8 Å². The van der Waals surface area contributed by atoms with Gasteiger partial charge in [0, 0.05) is 23.4 Å². The zero-order valence-electron chi connectivity index (χ0n) is 16.5. The summed E-state index contributed by atoms with van der Waals surface area (Å²) in [6, 6.07) is 15.6. The molecule has 2 aromatic carbocycles. The van der Waals surface area contributed by atoms with Crippen LogP contribution >= 0.6 is 0 Å². The van der Waals surface area contributed by atoms with Crippen LogP contribution in [0.3, 0.4) is 0 Å². The summed E-state index contributed by atoms with van der Waals surface area (Å²) in [4.78, 5) is 9.00. The maximum Gasteiger partial charge on any atom is 0.416 e. The van der Waals surface area contributed by atoms with Crippen LogP contribution < -0.4 is 10.6 Å². The van der Waals surface area contributed by atoms with Crippen molar-refractivity contribution in [2.24, 2.45) is 0 Å². The van der Waals surface area contributed by atoms with E-state index < -0.39 is 11.7 Å². The van der Waals surface area contributed by atoms with E-state index in [0.717, 1.165) is 18.1 Å². The van der Waals surface area contributed by atoms with Crippen LogP contribution in [0.15, 0.2) is 54.6 Å². The van der Waals surface area contributed by atoms with Gasteiger partial charge in [-0.1, -0.05) is 43.3 Å². The molecule has 0 aliphatic rings. The largest absolute Gasteiger partial charge is 0.416 e. The molecule has 3 rings (SSSR count). The molecule has 0 saturated carbocycles. The SMILES string of the molecule is CC[C@@H](C)Nc1nc(Nc2ccc(C)c(C(F)(F)F)c2)cc(-c2ccccc2)n1. The van der Waals surface area contributed by atoms with E-state index >= 15 is 0 Å². The predicted octanol–water partition coefficient (Wildman–Crippen LogP) is 6.42. The summed E-state index contributed by atoms with van der Waals surface area (Å²) >= 11 is 0. The molecule has 0 fully saturated rings. The van der Waals surface area contributed by atoms with Gasteiger partial charge in [0.15, 0.2) is 0 Å². The normalized spacial score (nSPS) is 12.5. The zero-order chi connectivity index (χ0) is 21.0. The molecule has 0 aliphatic heterocycles. The third-order valence-electron chi connectivity index (χ3n) is 4.60. The Balaban J connectivity index is 1.99. The van der Waals surface area contributed by atoms with Crippen LogP contribution in [0, 0.1) is 6.92 Å². The highest BCUT2D eigenvalue weighted by Gasteiger charge is 2.32. The lowest BCUT2D eigenvalue weighted by atomic mass is 10.1. The van der Waals surface area contributed by atoms with Gasteiger partial charge in [-0.05, 0) is 38.0 Å². The van der Waals surface area contributed by atoms with Gasteiger partial charge in [0.25, 0.3) is 0 Å². The molecule has 152 valence electrons. The number of alkyl halides is 3. The number of halogens is 3. The average molecular weight is 400 g/mol. The number of aryl methyl sites for hydroxylation is 1. The molecule has 1 atom stereocenters. The minimum atomic E-state index is -4.41. The van der Waals surface area contributed by atoms with Crippen LogP contribution in [0.5, 0.6) is 0 Å². The monoisotopic (exact) mass is 400 g/mol. The Kier molecular flexibility index (Phi) is 6.06. The van der Waals surface area contributed by atoms with Gasteiger partial charge in [-0.15, -0.1) is 0 Å². The number of aromatic nitrogens is 2. The van der Waals surface area contributed by atoms with E-state index in [1.165, 1.54) is 13.0 Å². The lowest BCUT2D eigenvalue weighted by Crippen LogP contribution is -2.16. The first-order valence-electron chi connectivity index (χ1n) is 9.42. The van der Waals surface area contributed by atoms with Gasteiger partial charge in [-0.3, -0.25) is 0 Å². The lowest BCUT2D eigenvalue weighted by Gasteiger charge is -2.16. The highest BCUT2D eigenvalue weighted by atomic mass is 19.4. The maximum atomic E-state index is 13.2. The second-order valence-electron chi connectivity index (χ2n) is 6.93. The van der Waals surface area contributed by atoms with Crippen molar-refractivity contribution in [2.75, 3.05) is 10.6 Å². The standard InChI is InChI=1S/C22H23F3N4/c1-4-15(3)26-21-28-19(16-8-6-5-7-9-16)13-20(29-21)27-17-11-10-14(2)18(12-17)22(23,24)25/h5-13,15H,4H2,1-3H3,(H2,26,27,28,29)/t15-/m1/s1. The number of benzene rings is 2. The Morgan fingerprint density at radius 1 is 1.00 bits per heavy atom. The van der Waals surface area contributed by atoms with Crippen LogP contribution in [0.2, 0.25) is 0 Å². The highest BCUT2D eigenvalue weighted by molar-refractivity contribution is 5.68. The molecule has 2 N–H and O–H groups in total. The Morgan fingerprint density at radius 3 is 2.38 bits per heavy atom. The van der Waals surface area contributed by atoms with Gasteiger partial charge in [-0.25, -0.2) is 4.98 Å². The van der Waals surface area contributed by atoms with Gasteiger partial charge in [-0.2, -0.15) is 18.2 Å². The fraction of sp³-hybridized carbons (Fsp3) is 0.273. The third kappa shape index (κ3) is 5.25. The summed E-state index contributed by atoms with van der Waals surface area (Å²) in [6.45, 7) is 5.50. The number of hydrogen-bond acceptors (Lipinski definition) is 4. The molecule has 0 saturated heterocycles. The Hall–Kier alpha value is -3.09. The van der Waals surface area contributed by atoms with Crippen LogP contribution in [0.1, 0.15) is 31.4 Å². The van der Waals surface area contributed by atoms with E-state index in [-0.39, 0.29) is 11.6 Å². The molecule has 4 nitrogen and oxygen atoms in total. The molecule has 3 aromatic rings. The molecule has 7 heteroatoms. The van der Waals surface area contributed by atoms with Gasteiger partial charge < -0.3 is 10.6 Å². The Labute approximate surface area is 168 Å². The molecule has 1 aromatic heterocycles. The molecule has 0 radical (unpaired) electrons. The fourth-order valence-corrected chi connectivity index (χ4v) is 2.81. The van der Waals surface area contributed by atoms with Crippen molar-refractivity contribution in [2.45, 2.75) is 39.4 Å². The van der Waals surface area contributed by atoms with E-state index in [0.29, 0.717) is 23.1 Å². The Bertz CT molecular complexity index is 972. The van der Waals surface area contributed by atoms with Gasteiger partial charge >= 0.3 is 6.18 Å². The molecular weight excluding hydrogens is 377 g/mol. The van der Waals surface area contributed by atoms with Crippen LogP contribution in [-0.4, -0.2) is 16.0 Å². The molecule has 0 bridgehead atoms. The van der Waals surface area contributed by atoms with Crippen molar-refractivity contribution in [3.05, 3.63) is 65.7 Å². The molecule has 0 aliphatic carbocycles. The van der Waals surface area contributed by atoms with Crippen LogP contribution in [0.25, 0.3) is 11.3 Å². The smallest absolute Gasteiger partial charge is 0.352 e. The number of rotatable bonds is 6. The molecule has 0 amide bonds. The summed E-state index contributed by atoms with van der Waals surface area (Å²) in [6.07, 6.45) is -3.53. The van der Waals surface area contributed by atoms with E-state index in [1.54, 1.807) is 12.1 Å². The van der Waals surface area contributed by atoms with E-state index in [2.05, 4.69) is 20.6 Å². The third-order valence-corrected chi connectivity index (χ3v) is 4.60. The van der Waals surface area contributed by atoms with Gasteiger partial charge in [0.1, 0.15) is 5.82 Å². The molecule has 1 heterocycles. The molecule has 0 spiro atoms. The Morgan fingerprint density at radius 2 is 1.72 bits per heavy atom. The quantitative estimate of drug-likeness (QED) is 0.501. The predicted molar refractivity (Wildman–Crippen MR) is 110 cm³/mol.